The number of anilines is 1. The number of nitrogens with one attached hydrogen (secondary N) is 1. The Labute approximate surface area is 156 Å². The molecule has 0 aliphatic heterocycles. The molecule has 0 spiro atoms. The highest BCUT2D eigenvalue weighted by Crippen LogP contribution is 2.26. The first-order chi connectivity index (χ1) is 13.1. The van der Waals surface area contributed by atoms with E-state index in [1.165, 1.54) is 30.3 Å². The second-order valence-corrected chi connectivity index (χ2v) is 6.13. The zero-order valence-corrected chi connectivity index (χ0v) is 14.6. The average Bonchev–Trinajstić information content (AvgIpc) is 3.01. The van der Waals surface area contributed by atoms with Gasteiger partial charge in [0.05, 0.1) is 0 Å². The molecule has 148 valence electrons. The van der Waals surface area contributed by atoms with Gasteiger partial charge in [0.25, 0.3) is 0 Å². The van der Waals surface area contributed by atoms with Crippen LogP contribution in [0.4, 0.5) is 23.2 Å². The number of ether oxygens (including phenoxy) is 1. The number of alkyl halides is 3. The zero-order valence-electron chi connectivity index (χ0n) is 14.6. The fourth-order valence-electron chi connectivity index (χ4n) is 2.62. The number of hydrogen-bond donors (Lipinski definition) is 2. The summed E-state index contributed by atoms with van der Waals surface area (Å²) in [4.78, 5) is 10.9. The molecule has 0 aliphatic carbocycles. The molecule has 3 aromatic rings. The third kappa shape index (κ3) is 4.54. The highest BCUT2D eigenvalue weighted by molar-refractivity contribution is 5.91. The third-order valence-corrected chi connectivity index (χ3v) is 3.95. The Hall–Kier alpha value is -3.23. The molecule has 0 fully saturated rings. The first-order valence-corrected chi connectivity index (χ1v) is 8.12. The molecule has 1 heterocycles. The minimum atomic E-state index is -4.42. The number of hydrogen-bond acceptors (Lipinski definition) is 4. The molecule has 0 unspecified atom stereocenters. The van der Waals surface area contributed by atoms with E-state index in [0.717, 1.165) is 0 Å². The lowest BCUT2D eigenvalue weighted by molar-refractivity contribution is -0.153. The summed E-state index contributed by atoms with van der Waals surface area (Å²) >= 11 is 0. The normalized spacial score (nSPS) is 11.6. The summed E-state index contributed by atoms with van der Waals surface area (Å²) in [6, 6.07) is 8.32. The summed E-state index contributed by atoms with van der Waals surface area (Å²) in [5, 5.41) is 12.2. The molecule has 0 amide bonds. The summed E-state index contributed by atoms with van der Waals surface area (Å²) in [5.74, 6) is -1.98. The van der Waals surface area contributed by atoms with Gasteiger partial charge in [-0.3, -0.25) is 0 Å². The van der Waals surface area contributed by atoms with Gasteiger partial charge >= 0.3 is 12.1 Å². The van der Waals surface area contributed by atoms with E-state index < -0.39 is 24.6 Å². The van der Waals surface area contributed by atoms with Gasteiger partial charge in [-0.25, -0.2) is 9.18 Å². The van der Waals surface area contributed by atoms with E-state index in [1.54, 1.807) is 13.0 Å². The van der Waals surface area contributed by atoms with E-state index in [0.29, 0.717) is 16.6 Å². The first-order valence-electron chi connectivity index (χ1n) is 8.12. The van der Waals surface area contributed by atoms with Crippen molar-refractivity contribution in [2.45, 2.75) is 19.6 Å². The van der Waals surface area contributed by atoms with Crippen LogP contribution in [0.25, 0.3) is 11.0 Å². The molecule has 1 aromatic heterocycles. The van der Waals surface area contributed by atoms with Gasteiger partial charge in [0.2, 0.25) is 5.76 Å². The van der Waals surface area contributed by atoms with Gasteiger partial charge < -0.3 is 19.6 Å². The number of aromatic carboxylic acids is 1. The zero-order chi connectivity index (χ0) is 20.5. The van der Waals surface area contributed by atoms with Gasteiger partial charge in [-0.1, -0.05) is 0 Å². The number of carboxylic acids is 1. The van der Waals surface area contributed by atoms with Crippen LogP contribution >= 0.6 is 0 Å². The Bertz CT molecular complexity index is 1030. The lowest BCUT2D eigenvalue weighted by atomic mass is 10.1. The van der Waals surface area contributed by atoms with Crippen LogP contribution in [0.5, 0.6) is 5.75 Å². The van der Waals surface area contributed by atoms with Crippen LogP contribution in [-0.4, -0.2) is 23.9 Å². The second-order valence-electron chi connectivity index (χ2n) is 6.13. The van der Waals surface area contributed by atoms with Crippen LogP contribution in [0.2, 0.25) is 0 Å². The smallest absolute Gasteiger partial charge is 0.422 e. The molecule has 0 bridgehead atoms. The fraction of sp³-hybridized carbons (Fsp3) is 0.211. The first kappa shape index (κ1) is 19.5. The maximum atomic E-state index is 14.2. The van der Waals surface area contributed by atoms with Crippen molar-refractivity contribution in [3.8, 4) is 5.75 Å². The van der Waals surface area contributed by atoms with Crippen molar-refractivity contribution < 1.29 is 36.6 Å². The van der Waals surface area contributed by atoms with E-state index in [1.807, 2.05) is 0 Å². The summed E-state index contributed by atoms with van der Waals surface area (Å²) in [6.07, 6.45) is -4.42. The molecule has 3 rings (SSSR count). The Kier molecular flexibility index (Phi) is 5.17. The molecule has 0 aliphatic rings. The van der Waals surface area contributed by atoms with Crippen molar-refractivity contribution in [1.82, 2.24) is 0 Å². The van der Waals surface area contributed by atoms with Gasteiger partial charge in [-0.05, 0) is 48.9 Å². The number of benzene rings is 2. The number of furan rings is 1. The highest BCUT2D eigenvalue weighted by atomic mass is 19.4. The van der Waals surface area contributed by atoms with Gasteiger partial charge in [-0.15, -0.1) is 0 Å². The van der Waals surface area contributed by atoms with Crippen molar-refractivity contribution in [3.05, 3.63) is 59.1 Å². The van der Waals surface area contributed by atoms with E-state index in [4.69, 9.17) is 14.3 Å². The van der Waals surface area contributed by atoms with Gasteiger partial charge in [0, 0.05) is 23.2 Å². The minimum Gasteiger partial charge on any atom is -0.484 e. The third-order valence-electron chi connectivity index (χ3n) is 3.95. The summed E-state index contributed by atoms with van der Waals surface area (Å²) in [6.45, 7) is 0.278. The monoisotopic (exact) mass is 397 g/mol. The molecule has 0 saturated carbocycles. The van der Waals surface area contributed by atoms with Gasteiger partial charge in [-0.2, -0.15) is 13.2 Å². The maximum absolute atomic E-state index is 14.2. The standard InChI is InChI=1S/C19H15F4NO4/c1-10-4-13(2-3-15(10)27-9-19(21,22)23)24-8-12-7-16-11(5-14(12)20)6-17(28-16)18(25)26/h2-7,24H,8-9H2,1H3,(H,25,26). The molecular weight excluding hydrogens is 382 g/mol. The van der Waals surface area contributed by atoms with Gasteiger partial charge in [0.15, 0.2) is 6.61 Å². The van der Waals surface area contributed by atoms with E-state index in [-0.39, 0.29) is 29.2 Å². The average molecular weight is 397 g/mol. The van der Waals surface area contributed by atoms with Crippen molar-refractivity contribution in [3.63, 3.8) is 0 Å². The Morgan fingerprint density at radius 3 is 2.61 bits per heavy atom. The minimum absolute atomic E-state index is 0.0626. The van der Waals surface area contributed by atoms with Crippen LogP contribution in [0, 0.1) is 12.7 Å². The Morgan fingerprint density at radius 2 is 1.96 bits per heavy atom. The molecular formula is C19H15F4NO4. The number of carboxylic acid groups (broad SMARTS) is 1. The molecule has 5 nitrogen and oxygen atoms in total. The topological polar surface area (TPSA) is 71.7 Å². The van der Waals surface area contributed by atoms with E-state index >= 15 is 0 Å². The maximum Gasteiger partial charge on any atom is 0.422 e. The van der Waals surface area contributed by atoms with Gasteiger partial charge in [0.1, 0.15) is 17.1 Å². The Balaban J connectivity index is 1.72. The van der Waals surface area contributed by atoms with E-state index in [9.17, 15) is 22.4 Å². The second kappa shape index (κ2) is 7.41. The van der Waals surface area contributed by atoms with Crippen molar-refractivity contribution >= 4 is 22.6 Å². The van der Waals surface area contributed by atoms with E-state index in [2.05, 4.69) is 5.32 Å². The largest absolute Gasteiger partial charge is 0.484 e. The van der Waals surface area contributed by atoms with Crippen LogP contribution < -0.4 is 10.1 Å². The quantitative estimate of drug-likeness (QED) is 0.564. The predicted octanol–water partition coefficient (Wildman–Crippen LogP) is 5.13. The summed E-state index contributed by atoms with van der Waals surface area (Å²) in [7, 11) is 0. The summed E-state index contributed by atoms with van der Waals surface area (Å²) in [5.41, 5.74) is 1.53. The van der Waals surface area contributed by atoms with Crippen LogP contribution in [-0.2, 0) is 6.54 Å². The fourth-order valence-corrected chi connectivity index (χ4v) is 2.62. The SMILES string of the molecule is Cc1cc(NCc2cc3oc(C(=O)O)cc3cc2F)ccc1OCC(F)(F)F. The Morgan fingerprint density at radius 1 is 1.21 bits per heavy atom. The molecule has 2 N–H and O–H groups in total. The number of carbonyl (C=O) groups is 1. The van der Waals surface area contributed by atoms with Crippen LogP contribution in [0.3, 0.4) is 0 Å². The molecule has 0 radical (unpaired) electrons. The lowest BCUT2D eigenvalue weighted by Gasteiger charge is -2.13. The van der Waals surface area contributed by atoms with Crippen molar-refractivity contribution in [2.75, 3.05) is 11.9 Å². The molecule has 28 heavy (non-hydrogen) atoms. The number of rotatable bonds is 6. The lowest BCUT2D eigenvalue weighted by Crippen LogP contribution is -2.19. The molecule has 2 aromatic carbocycles. The molecule has 0 saturated heterocycles. The molecule has 0 atom stereocenters. The molecule has 9 heteroatoms. The number of aryl methyl sites for hydroxylation is 1. The predicted molar refractivity (Wildman–Crippen MR) is 93.2 cm³/mol. The summed E-state index contributed by atoms with van der Waals surface area (Å²) < 4.78 is 60.9. The van der Waals surface area contributed by atoms with Crippen molar-refractivity contribution in [1.29, 1.82) is 0 Å². The number of fused-ring (bicyclic) bond motifs is 1. The number of halogens is 4. The van der Waals surface area contributed by atoms with Crippen LogP contribution in [0.15, 0.2) is 40.8 Å². The van der Waals surface area contributed by atoms with Crippen LogP contribution in [0.1, 0.15) is 21.7 Å². The van der Waals surface area contributed by atoms with Crippen molar-refractivity contribution in [2.24, 2.45) is 0 Å². The highest BCUT2D eigenvalue weighted by Gasteiger charge is 2.28.